The third-order valence-electron chi connectivity index (χ3n) is 3.64. The molecule has 0 aliphatic rings. The molecule has 0 unspecified atom stereocenters. The number of nitrogens with one attached hydrogen (secondary N) is 2. The van der Waals surface area contributed by atoms with E-state index in [9.17, 15) is 14.0 Å². The molecule has 3 rings (SSSR count). The van der Waals surface area contributed by atoms with E-state index in [0.717, 1.165) is 0 Å². The van der Waals surface area contributed by atoms with Gasteiger partial charge >= 0.3 is 0 Å². The molecule has 7 heteroatoms. The quantitative estimate of drug-likeness (QED) is 0.741. The lowest BCUT2D eigenvalue weighted by molar-refractivity contribution is -0.114. The minimum absolute atomic E-state index is 0.0408. The summed E-state index contributed by atoms with van der Waals surface area (Å²) in [4.78, 5) is 23.8. The Morgan fingerprint density at radius 2 is 1.77 bits per heavy atom. The van der Waals surface area contributed by atoms with Gasteiger partial charge in [-0.1, -0.05) is 36.4 Å². The van der Waals surface area contributed by atoms with Crippen molar-refractivity contribution in [3.05, 3.63) is 77.7 Å². The van der Waals surface area contributed by atoms with Crippen LogP contribution in [0.3, 0.4) is 0 Å². The van der Waals surface area contributed by atoms with Crippen molar-refractivity contribution in [3.8, 4) is 5.69 Å². The molecule has 0 aliphatic heterocycles. The number of anilines is 1. The Balaban J connectivity index is 1.83. The molecule has 2 aromatic carbocycles. The molecule has 26 heavy (non-hydrogen) atoms. The fraction of sp³-hybridized carbons (Fsp3) is 0.105. The van der Waals surface area contributed by atoms with Crippen LogP contribution >= 0.6 is 0 Å². The van der Waals surface area contributed by atoms with Crippen LogP contribution in [0.1, 0.15) is 23.0 Å². The largest absolute Gasteiger partial charge is 0.346 e. The highest BCUT2D eigenvalue weighted by Gasteiger charge is 2.16. The molecular formula is C19H17FN4O2. The zero-order chi connectivity index (χ0) is 18.5. The number of amides is 2. The normalized spacial score (nSPS) is 10.4. The number of aromatic nitrogens is 2. The van der Waals surface area contributed by atoms with Crippen LogP contribution in [0.2, 0.25) is 0 Å². The SMILES string of the molecule is CC(=O)Nc1cc(C(=O)NCc2ccccc2F)nn1-c1ccccc1. The fourth-order valence-corrected chi connectivity index (χ4v) is 2.44. The van der Waals surface area contributed by atoms with Crippen molar-refractivity contribution in [3.63, 3.8) is 0 Å². The topological polar surface area (TPSA) is 76.0 Å². The second kappa shape index (κ2) is 7.60. The van der Waals surface area contributed by atoms with Crippen LogP contribution in [0.5, 0.6) is 0 Å². The molecule has 2 amide bonds. The molecule has 0 saturated heterocycles. The highest BCUT2D eigenvalue weighted by atomic mass is 19.1. The number of carbonyl (C=O) groups excluding carboxylic acids is 2. The van der Waals surface area contributed by atoms with Gasteiger partial charge in [0, 0.05) is 25.1 Å². The van der Waals surface area contributed by atoms with Crippen molar-refractivity contribution in [1.29, 1.82) is 0 Å². The van der Waals surface area contributed by atoms with E-state index in [4.69, 9.17) is 0 Å². The summed E-state index contributed by atoms with van der Waals surface area (Å²) in [5, 5.41) is 9.55. The lowest BCUT2D eigenvalue weighted by Crippen LogP contribution is -2.23. The Bertz CT molecular complexity index is 938. The third-order valence-corrected chi connectivity index (χ3v) is 3.64. The van der Waals surface area contributed by atoms with Crippen molar-refractivity contribution in [2.24, 2.45) is 0 Å². The third kappa shape index (κ3) is 3.94. The van der Waals surface area contributed by atoms with E-state index < -0.39 is 5.91 Å². The van der Waals surface area contributed by atoms with E-state index in [1.807, 2.05) is 18.2 Å². The highest BCUT2D eigenvalue weighted by Crippen LogP contribution is 2.17. The van der Waals surface area contributed by atoms with Gasteiger partial charge in [0.1, 0.15) is 11.6 Å². The van der Waals surface area contributed by atoms with E-state index in [1.54, 1.807) is 30.3 Å². The van der Waals surface area contributed by atoms with E-state index in [2.05, 4.69) is 15.7 Å². The molecular weight excluding hydrogens is 335 g/mol. The second-order valence-corrected chi connectivity index (χ2v) is 5.62. The van der Waals surface area contributed by atoms with E-state index in [0.29, 0.717) is 17.1 Å². The molecule has 0 atom stereocenters. The standard InChI is InChI=1S/C19H17FN4O2/c1-13(25)22-18-11-17(23-24(18)15-8-3-2-4-9-15)19(26)21-12-14-7-5-6-10-16(14)20/h2-11H,12H2,1H3,(H,21,26)(H,22,25). The van der Waals surface area contributed by atoms with Crippen LogP contribution < -0.4 is 10.6 Å². The van der Waals surface area contributed by atoms with Crippen LogP contribution in [0.4, 0.5) is 10.2 Å². The Hall–Kier alpha value is -3.48. The van der Waals surface area contributed by atoms with Crippen molar-refractivity contribution in [1.82, 2.24) is 15.1 Å². The molecule has 0 spiro atoms. The van der Waals surface area contributed by atoms with Crippen LogP contribution in [-0.2, 0) is 11.3 Å². The first-order chi connectivity index (χ1) is 12.5. The number of halogens is 1. The smallest absolute Gasteiger partial charge is 0.272 e. The number of para-hydroxylation sites is 1. The summed E-state index contributed by atoms with van der Waals surface area (Å²) in [6.07, 6.45) is 0. The number of nitrogens with zero attached hydrogens (tertiary/aromatic N) is 2. The minimum atomic E-state index is -0.463. The van der Waals surface area contributed by atoms with E-state index >= 15 is 0 Å². The maximum Gasteiger partial charge on any atom is 0.272 e. The number of benzene rings is 2. The zero-order valence-corrected chi connectivity index (χ0v) is 14.1. The molecule has 3 aromatic rings. The predicted octanol–water partition coefficient (Wildman–Crippen LogP) is 2.90. The summed E-state index contributed by atoms with van der Waals surface area (Å²) < 4.78 is 15.1. The molecule has 1 heterocycles. The summed E-state index contributed by atoms with van der Waals surface area (Å²) in [5.74, 6) is -0.753. The maximum atomic E-state index is 13.7. The lowest BCUT2D eigenvalue weighted by atomic mass is 10.2. The summed E-state index contributed by atoms with van der Waals surface area (Å²) in [6.45, 7) is 1.42. The van der Waals surface area contributed by atoms with Gasteiger partial charge in [-0.15, -0.1) is 0 Å². The van der Waals surface area contributed by atoms with Gasteiger partial charge in [-0.3, -0.25) is 9.59 Å². The fourth-order valence-electron chi connectivity index (χ4n) is 2.44. The van der Waals surface area contributed by atoms with Crippen LogP contribution in [0.25, 0.3) is 5.69 Å². The summed E-state index contributed by atoms with van der Waals surface area (Å²) in [5.41, 5.74) is 1.20. The Labute approximate surface area is 149 Å². The first-order valence-electron chi connectivity index (χ1n) is 7.99. The van der Waals surface area contributed by atoms with Crippen molar-refractivity contribution < 1.29 is 14.0 Å². The first-order valence-corrected chi connectivity index (χ1v) is 7.99. The molecule has 0 aliphatic carbocycles. The average molecular weight is 352 g/mol. The van der Waals surface area contributed by atoms with Crippen LogP contribution in [0.15, 0.2) is 60.7 Å². The van der Waals surface area contributed by atoms with Gasteiger partial charge in [-0.25, -0.2) is 9.07 Å². The summed E-state index contributed by atoms with van der Waals surface area (Å²) in [7, 11) is 0. The van der Waals surface area contributed by atoms with Gasteiger partial charge in [0.25, 0.3) is 5.91 Å². The minimum Gasteiger partial charge on any atom is -0.346 e. The molecule has 0 saturated carbocycles. The summed E-state index contributed by atoms with van der Waals surface area (Å²) >= 11 is 0. The molecule has 1 aromatic heterocycles. The molecule has 132 valence electrons. The van der Waals surface area contributed by atoms with Gasteiger partial charge in [-0.2, -0.15) is 5.10 Å². The summed E-state index contributed by atoms with van der Waals surface area (Å²) in [6, 6.07) is 16.8. The lowest BCUT2D eigenvalue weighted by Gasteiger charge is -2.06. The second-order valence-electron chi connectivity index (χ2n) is 5.62. The van der Waals surface area contributed by atoms with Crippen LogP contribution in [-0.4, -0.2) is 21.6 Å². The van der Waals surface area contributed by atoms with Gasteiger partial charge in [-0.05, 0) is 18.2 Å². The van der Waals surface area contributed by atoms with Crippen molar-refractivity contribution >= 4 is 17.6 Å². The molecule has 0 radical (unpaired) electrons. The van der Waals surface area contributed by atoms with Gasteiger partial charge < -0.3 is 10.6 Å². The maximum absolute atomic E-state index is 13.7. The van der Waals surface area contributed by atoms with E-state index in [1.165, 1.54) is 23.7 Å². The van der Waals surface area contributed by atoms with Gasteiger partial charge in [0.15, 0.2) is 5.69 Å². The first kappa shape index (κ1) is 17.3. The number of hydrogen-bond donors (Lipinski definition) is 2. The Morgan fingerprint density at radius 3 is 2.46 bits per heavy atom. The Kier molecular flexibility index (Phi) is 5.07. The zero-order valence-electron chi connectivity index (χ0n) is 14.1. The van der Waals surface area contributed by atoms with Crippen LogP contribution in [0, 0.1) is 5.82 Å². The molecule has 6 nitrogen and oxygen atoms in total. The Morgan fingerprint density at radius 1 is 1.08 bits per heavy atom. The van der Waals surface area contributed by atoms with Gasteiger partial charge in [0.05, 0.1) is 5.69 Å². The number of hydrogen-bond acceptors (Lipinski definition) is 3. The molecule has 0 bridgehead atoms. The number of carbonyl (C=O) groups is 2. The molecule has 0 fully saturated rings. The number of rotatable bonds is 5. The predicted molar refractivity (Wildman–Crippen MR) is 95.4 cm³/mol. The highest BCUT2D eigenvalue weighted by molar-refractivity contribution is 5.95. The molecule has 2 N–H and O–H groups in total. The monoisotopic (exact) mass is 352 g/mol. The average Bonchev–Trinajstić information content (AvgIpc) is 3.04. The van der Waals surface area contributed by atoms with Gasteiger partial charge in [0.2, 0.25) is 5.91 Å². The van der Waals surface area contributed by atoms with E-state index in [-0.39, 0.29) is 24.0 Å². The van der Waals surface area contributed by atoms with Crippen molar-refractivity contribution in [2.45, 2.75) is 13.5 Å². The van der Waals surface area contributed by atoms with Crippen molar-refractivity contribution in [2.75, 3.05) is 5.32 Å².